The topological polar surface area (TPSA) is 81.0 Å². The number of rotatable bonds is 7. The van der Waals surface area contributed by atoms with E-state index in [4.69, 9.17) is 4.74 Å². The Kier molecular flexibility index (Phi) is 5.30. The van der Waals surface area contributed by atoms with Gasteiger partial charge >= 0.3 is 0 Å². The molecule has 29 heavy (non-hydrogen) atoms. The maximum Gasteiger partial charge on any atom is 0.229 e. The van der Waals surface area contributed by atoms with Gasteiger partial charge in [0.1, 0.15) is 18.2 Å². The fourth-order valence-electron chi connectivity index (χ4n) is 2.68. The molecule has 4 rings (SSSR count). The Morgan fingerprint density at radius 1 is 1.14 bits per heavy atom. The van der Waals surface area contributed by atoms with Crippen molar-refractivity contribution in [2.24, 2.45) is 0 Å². The van der Waals surface area contributed by atoms with Gasteiger partial charge in [0.05, 0.1) is 11.9 Å². The quantitative estimate of drug-likeness (QED) is 0.517. The van der Waals surface area contributed by atoms with E-state index in [2.05, 4.69) is 30.5 Å². The lowest BCUT2D eigenvalue weighted by Crippen LogP contribution is -2.19. The minimum atomic E-state index is -0.355. The van der Waals surface area contributed by atoms with Crippen LogP contribution in [0.4, 0.5) is 16.0 Å². The number of ether oxygens (including phenoxy) is 1. The van der Waals surface area contributed by atoms with Gasteiger partial charge in [-0.25, -0.2) is 9.37 Å². The summed E-state index contributed by atoms with van der Waals surface area (Å²) in [6, 6.07) is 13.6. The van der Waals surface area contributed by atoms with Crippen LogP contribution in [0.25, 0.3) is 16.9 Å². The van der Waals surface area contributed by atoms with Gasteiger partial charge in [0, 0.05) is 12.2 Å². The summed E-state index contributed by atoms with van der Waals surface area (Å²) < 4.78 is 20.7. The zero-order valence-corrected chi connectivity index (χ0v) is 16.1. The monoisotopic (exact) mass is 393 g/mol. The molecular formula is C20H20FN7O. The maximum absolute atomic E-state index is 13.6. The lowest BCUT2D eigenvalue weighted by molar-refractivity contribution is 0.261. The van der Waals surface area contributed by atoms with Crippen molar-refractivity contribution in [2.75, 3.05) is 32.6 Å². The number of hydrogen-bond acceptors (Lipinski definition) is 7. The Morgan fingerprint density at radius 3 is 2.72 bits per heavy atom. The van der Waals surface area contributed by atoms with Gasteiger partial charge in [0.15, 0.2) is 11.2 Å². The fourth-order valence-corrected chi connectivity index (χ4v) is 2.68. The van der Waals surface area contributed by atoms with E-state index in [1.807, 2.05) is 38.4 Å². The average Bonchev–Trinajstić information content (AvgIpc) is 3.12. The van der Waals surface area contributed by atoms with Crippen LogP contribution in [0.15, 0.2) is 54.7 Å². The van der Waals surface area contributed by atoms with Gasteiger partial charge in [-0.15, -0.1) is 5.10 Å². The van der Waals surface area contributed by atoms with E-state index in [9.17, 15) is 4.39 Å². The Labute approximate surface area is 167 Å². The molecule has 0 spiro atoms. The third-order valence-corrected chi connectivity index (χ3v) is 4.16. The molecule has 0 aliphatic heterocycles. The third kappa shape index (κ3) is 4.46. The molecule has 8 nitrogen and oxygen atoms in total. The number of nitrogens with one attached hydrogen (secondary N) is 1. The predicted octanol–water partition coefficient (Wildman–Crippen LogP) is 3.03. The first-order valence-electron chi connectivity index (χ1n) is 9.07. The molecule has 0 unspecified atom stereocenters. The molecule has 1 N–H and O–H groups in total. The highest BCUT2D eigenvalue weighted by Crippen LogP contribution is 2.20. The second-order valence-electron chi connectivity index (χ2n) is 6.68. The van der Waals surface area contributed by atoms with Crippen LogP contribution in [-0.4, -0.2) is 57.1 Å². The summed E-state index contributed by atoms with van der Waals surface area (Å²) in [4.78, 5) is 10.8. The van der Waals surface area contributed by atoms with E-state index in [0.717, 1.165) is 18.0 Å². The van der Waals surface area contributed by atoms with Crippen LogP contribution in [-0.2, 0) is 0 Å². The summed E-state index contributed by atoms with van der Waals surface area (Å²) in [6.45, 7) is 1.47. The van der Waals surface area contributed by atoms with E-state index in [1.165, 1.54) is 16.8 Å². The van der Waals surface area contributed by atoms with E-state index in [0.29, 0.717) is 29.4 Å². The Morgan fingerprint density at radius 2 is 1.97 bits per heavy atom. The molecule has 0 radical (unpaired) electrons. The molecule has 0 aliphatic rings. The smallest absolute Gasteiger partial charge is 0.229 e. The summed E-state index contributed by atoms with van der Waals surface area (Å²) in [5.41, 5.74) is 2.35. The minimum Gasteiger partial charge on any atom is -0.492 e. The van der Waals surface area contributed by atoms with Crippen molar-refractivity contribution in [2.45, 2.75) is 0 Å². The van der Waals surface area contributed by atoms with Gasteiger partial charge in [-0.3, -0.25) is 0 Å². The SMILES string of the molecule is CN(C)CCOc1ccc(Nc2ncc3nnn(-c4cccc(F)c4)c3n2)cc1. The van der Waals surface area contributed by atoms with Crippen LogP contribution < -0.4 is 10.1 Å². The lowest BCUT2D eigenvalue weighted by atomic mass is 10.3. The van der Waals surface area contributed by atoms with Crippen molar-refractivity contribution in [3.8, 4) is 11.4 Å². The second kappa shape index (κ2) is 8.19. The largest absolute Gasteiger partial charge is 0.492 e. The molecule has 0 fully saturated rings. The molecule has 2 aromatic heterocycles. The first kappa shape index (κ1) is 18.8. The van der Waals surface area contributed by atoms with E-state index >= 15 is 0 Å². The van der Waals surface area contributed by atoms with Gasteiger partial charge in [0.25, 0.3) is 0 Å². The third-order valence-electron chi connectivity index (χ3n) is 4.16. The number of benzene rings is 2. The van der Waals surface area contributed by atoms with Gasteiger partial charge in [-0.05, 0) is 56.6 Å². The van der Waals surface area contributed by atoms with Gasteiger partial charge in [0.2, 0.25) is 5.95 Å². The summed E-state index contributed by atoms with van der Waals surface area (Å²) in [7, 11) is 4.01. The molecular weight excluding hydrogens is 373 g/mol. The van der Waals surface area contributed by atoms with Gasteiger partial charge in [-0.2, -0.15) is 9.67 Å². The molecule has 2 aromatic carbocycles. The van der Waals surface area contributed by atoms with Crippen molar-refractivity contribution < 1.29 is 9.13 Å². The number of halogens is 1. The number of anilines is 2. The fraction of sp³-hybridized carbons (Fsp3) is 0.200. The van der Waals surface area contributed by atoms with Crippen LogP contribution in [0.5, 0.6) is 5.75 Å². The summed E-state index contributed by atoms with van der Waals surface area (Å²) in [6.07, 6.45) is 1.58. The highest BCUT2D eigenvalue weighted by molar-refractivity contribution is 5.72. The van der Waals surface area contributed by atoms with Crippen LogP contribution in [0.3, 0.4) is 0 Å². The predicted molar refractivity (Wildman–Crippen MR) is 108 cm³/mol. The summed E-state index contributed by atoms with van der Waals surface area (Å²) in [5, 5.41) is 11.2. The molecule has 0 atom stereocenters. The first-order chi connectivity index (χ1) is 14.1. The van der Waals surface area contributed by atoms with E-state index < -0.39 is 0 Å². The number of fused-ring (bicyclic) bond motifs is 1. The van der Waals surface area contributed by atoms with Crippen molar-refractivity contribution >= 4 is 22.8 Å². The standard InChI is InChI=1S/C20H20FN7O/c1-27(2)10-11-29-17-8-6-15(7-9-17)23-20-22-13-18-19(24-20)28(26-25-18)16-5-3-4-14(21)12-16/h3-9,12-13H,10-11H2,1-2H3,(H,22,23,24). The van der Waals surface area contributed by atoms with Crippen LogP contribution >= 0.6 is 0 Å². The molecule has 4 aromatic rings. The van der Waals surface area contributed by atoms with E-state index in [-0.39, 0.29) is 5.82 Å². The van der Waals surface area contributed by atoms with Gasteiger partial charge in [-0.1, -0.05) is 11.3 Å². The minimum absolute atomic E-state index is 0.355. The van der Waals surface area contributed by atoms with Crippen LogP contribution in [0, 0.1) is 5.82 Å². The molecule has 0 saturated heterocycles. The number of hydrogen-bond donors (Lipinski definition) is 1. The molecule has 0 bridgehead atoms. The molecule has 148 valence electrons. The first-order valence-corrected chi connectivity index (χ1v) is 9.07. The van der Waals surface area contributed by atoms with Crippen LogP contribution in [0.2, 0.25) is 0 Å². The summed E-state index contributed by atoms with van der Waals surface area (Å²) in [5.74, 6) is 0.826. The molecule has 0 aliphatic carbocycles. The number of likely N-dealkylation sites (N-methyl/N-ethyl adjacent to an activating group) is 1. The maximum atomic E-state index is 13.6. The van der Waals surface area contributed by atoms with Crippen molar-refractivity contribution in [3.05, 3.63) is 60.5 Å². The lowest BCUT2D eigenvalue weighted by Gasteiger charge is -2.11. The second-order valence-corrected chi connectivity index (χ2v) is 6.68. The van der Waals surface area contributed by atoms with Crippen LogP contribution in [0.1, 0.15) is 0 Å². The van der Waals surface area contributed by atoms with Crippen molar-refractivity contribution in [1.29, 1.82) is 0 Å². The van der Waals surface area contributed by atoms with Gasteiger partial charge < -0.3 is 15.0 Å². The molecule has 0 saturated carbocycles. The Bertz CT molecular complexity index is 1110. The molecule has 2 heterocycles. The average molecular weight is 393 g/mol. The van der Waals surface area contributed by atoms with E-state index in [1.54, 1.807) is 18.3 Å². The zero-order valence-electron chi connectivity index (χ0n) is 16.1. The number of nitrogens with zero attached hydrogens (tertiary/aromatic N) is 6. The zero-order chi connectivity index (χ0) is 20.2. The molecule has 0 amide bonds. The highest BCUT2D eigenvalue weighted by atomic mass is 19.1. The summed E-state index contributed by atoms with van der Waals surface area (Å²) >= 11 is 0. The molecule has 9 heteroatoms. The Hall–Kier alpha value is -3.59. The Balaban J connectivity index is 1.52. The van der Waals surface area contributed by atoms with Crippen molar-refractivity contribution in [1.82, 2.24) is 29.9 Å². The van der Waals surface area contributed by atoms with Crippen molar-refractivity contribution in [3.63, 3.8) is 0 Å². The number of aromatic nitrogens is 5. The highest BCUT2D eigenvalue weighted by Gasteiger charge is 2.11. The normalized spacial score (nSPS) is 11.2.